The Hall–Kier alpha value is -2.10. The summed E-state index contributed by atoms with van der Waals surface area (Å²) < 4.78 is 30.3. The molecule has 0 spiro atoms. The van der Waals surface area contributed by atoms with Gasteiger partial charge in [0.05, 0.1) is 18.3 Å². The summed E-state index contributed by atoms with van der Waals surface area (Å²) >= 11 is 1.36. The van der Waals surface area contributed by atoms with Crippen LogP contribution in [0.4, 0.5) is 13.9 Å². The maximum Gasteiger partial charge on any atom is 0.314 e. The summed E-state index contributed by atoms with van der Waals surface area (Å²) in [7, 11) is 0. The highest BCUT2D eigenvalue weighted by atomic mass is 32.1. The van der Waals surface area contributed by atoms with Gasteiger partial charge in [-0.15, -0.1) is 10.2 Å². The largest absolute Gasteiger partial charge is 0.414 e. The number of thiazole rings is 1. The number of carbonyl (C=O) groups is 1. The molecule has 3 fully saturated rings. The van der Waals surface area contributed by atoms with Gasteiger partial charge in [-0.1, -0.05) is 30.6 Å². The van der Waals surface area contributed by atoms with Crippen molar-refractivity contribution in [1.82, 2.24) is 20.1 Å². The number of likely N-dealkylation sites (tertiary alicyclic amines) is 1. The van der Waals surface area contributed by atoms with Gasteiger partial charge >= 0.3 is 6.43 Å². The monoisotopic (exact) mass is 409 g/mol. The van der Waals surface area contributed by atoms with E-state index in [1.165, 1.54) is 17.8 Å². The van der Waals surface area contributed by atoms with Gasteiger partial charge in [0.2, 0.25) is 5.91 Å². The molecule has 3 aliphatic rings. The minimum Gasteiger partial charge on any atom is -0.414 e. The second-order valence-electron chi connectivity index (χ2n) is 7.77. The molecule has 0 N–H and O–H groups in total. The number of hydrogen-bond acceptors (Lipinski definition) is 7. The molecule has 28 heavy (non-hydrogen) atoms. The van der Waals surface area contributed by atoms with E-state index in [0.29, 0.717) is 10.8 Å². The van der Waals surface area contributed by atoms with Gasteiger partial charge in [0.15, 0.2) is 5.13 Å². The molecule has 2 unspecified atom stereocenters. The Bertz CT molecular complexity index is 866. The second-order valence-corrected chi connectivity index (χ2v) is 8.78. The SMILES string of the molecule is O=C(C1CCCCC1)N1CC2CC1CN2c1ncc(-c2nnc(C(F)F)o2)s1. The minimum atomic E-state index is -2.78. The molecule has 150 valence electrons. The summed E-state index contributed by atoms with van der Waals surface area (Å²) in [6.07, 6.45) is 5.38. The summed E-state index contributed by atoms with van der Waals surface area (Å²) in [5.41, 5.74) is 0. The molecular weight excluding hydrogens is 388 g/mol. The van der Waals surface area contributed by atoms with Gasteiger partial charge < -0.3 is 14.2 Å². The first-order valence-electron chi connectivity index (χ1n) is 9.75. The summed E-state index contributed by atoms with van der Waals surface area (Å²) in [5.74, 6) is -0.0776. The average Bonchev–Trinajstić information content (AvgIpc) is 3.50. The Morgan fingerprint density at radius 1 is 1.18 bits per heavy atom. The zero-order valence-corrected chi connectivity index (χ0v) is 16.1. The maximum atomic E-state index is 12.9. The van der Waals surface area contributed by atoms with Crippen LogP contribution in [-0.4, -0.2) is 51.2 Å². The molecule has 7 nitrogen and oxygen atoms in total. The number of hydrogen-bond donors (Lipinski definition) is 0. The number of halogens is 2. The summed E-state index contributed by atoms with van der Waals surface area (Å²) in [5, 5.41) is 7.86. The van der Waals surface area contributed by atoms with Gasteiger partial charge in [-0.2, -0.15) is 8.78 Å². The van der Waals surface area contributed by atoms with Crippen molar-refractivity contribution >= 4 is 22.4 Å². The van der Waals surface area contributed by atoms with E-state index in [4.69, 9.17) is 4.42 Å². The smallest absolute Gasteiger partial charge is 0.314 e. The quantitative estimate of drug-likeness (QED) is 0.769. The molecule has 2 saturated heterocycles. The van der Waals surface area contributed by atoms with E-state index in [1.54, 1.807) is 6.20 Å². The standard InChI is InChI=1S/C18H21F2N5O2S/c19-14(20)16-23-22-15(27-16)13-7-21-18(28-13)25-9-11-6-12(25)8-24(11)17(26)10-4-2-1-3-5-10/h7,10-12,14H,1-6,8-9H2. The molecule has 2 atom stereocenters. The van der Waals surface area contributed by atoms with Crippen molar-refractivity contribution in [1.29, 1.82) is 0 Å². The fraction of sp³-hybridized carbons (Fsp3) is 0.667. The summed E-state index contributed by atoms with van der Waals surface area (Å²) in [6.45, 7) is 1.51. The van der Waals surface area contributed by atoms with Crippen molar-refractivity contribution in [3.63, 3.8) is 0 Å². The number of rotatable bonds is 4. The third kappa shape index (κ3) is 3.07. The Morgan fingerprint density at radius 2 is 2.00 bits per heavy atom. The van der Waals surface area contributed by atoms with Crippen molar-refractivity contribution in [3.8, 4) is 10.8 Å². The molecule has 4 heterocycles. The predicted octanol–water partition coefficient (Wildman–Crippen LogP) is 3.50. The molecule has 1 amide bonds. The van der Waals surface area contributed by atoms with Gasteiger partial charge in [0, 0.05) is 19.0 Å². The Balaban J connectivity index is 1.26. The van der Waals surface area contributed by atoms with Crippen LogP contribution in [0, 0.1) is 5.92 Å². The highest BCUT2D eigenvalue weighted by Gasteiger charge is 2.47. The van der Waals surface area contributed by atoms with Crippen LogP contribution in [0.3, 0.4) is 0 Å². The number of carbonyl (C=O) groups excluding carboxylic acids is 1. The van der Waals surface area contributed by atoms with E-state index in [9.17, 15) is 13.6 Å². The van der Waals surface area contributed by atoms with Crippen LogP contribution in [-0.2, 0) is 4.79 Å². The molecule has 2 aromatic heterocycles. The van der Waals surface area contributed by atoms with E-state index in [2.05, 4.69) is 25.0 Å². The Kier molecular flexibility index (Phi) is 4.53. The topological polar surface area (TPSA) is 75.4 Å². The van der Waals surface area contributed by atoms with Crippen molar-refractivity contribution in [3.05, 3.63) is 12.1 Å². The molecule has 2 aromatic rings. The van der Waals surface area contributed by atoms with Crippen molar-refractivity contribution in [2.45, 2.75) is 57.0 Å². The van der Waals surface area contributed by atoms with Gasteiger partial charge in [-0.25, -0.2) is 4.98 Å². The minimum absolute atomic E-state index is 0.0671. The van der Waals surface area contributed by atoms with Gasteiger partial charge in [0.1, 0.15) is 4.88 Å². The zero-order chi connectivity index (χ0) is 19.3. The molecule has 1 aliphatic carbocycles. The van der Waals surface area contributed by atoms with E-state index in [0.717, 1.165) is 50.3 Å². The third-order valence-electron chi connectivity index (χ3n) is 6.06. The zero-order valence-electron chi connectivity index (χ0n) is 15.3. The fourth-order valence-electron chi connectivity index (χ4n) is 4.67. The van der Waals surface area contributed by atoms with Gasteiger partial charge in [-0.05, 0) is 19.3 Å². The fourth-order valence-corrected chi connectivity index (χ4v) is 5.59. The molecular formula is C18H21F2N5O2S. The molecule has 2 aliphatic heterocycles. The van der Waals surface area contributed by atoms with E-state index >= 15 is 0 Å². The van der Waals surface area contributed by atoms with Crippen LogP contribution in [0.25, 0.3) is 10.8 Å². The van der Waals surface area contributed by atoms with E-state index in [-0.39, 0.29) is 23.9 Å². The number of fused-ring (bicyclic) bond motifs is 2. The van der Waals surface area contributed by atoms with Crippen molar-refractivity contribution in [2.24, 2.45) is 5.92 Å². The number of aromatic nitrogens is 3. The summed E-state index contributed by atoms with van der Waals surface area (Å²) in [6, 6.07) is 0.497. The van der Waals surface area contributed by atoms with E-state index in [1.807, 2.05) is 0 Å². The van der Waals surface area contributed by atoms with Crippen LogP contribution >= 0.6 is 11.3 Å². The highest BCUT2D eigenvalue weighted by molar-refractivity contribution is 7.18. The Labute approximate surface area is 164 Å². The lowest BCUT2D eigenvalue weighted by atomic mass is 9.88. The number of alkyl halides is 2. The van der Waals surface area contributed by atoms with Crippen LogP contribution in [0.15, 0.2) is 10.6 Å². The lowest BCUT2D eigenvalue weighted by Crippen LogP contribution is -2.50. The summed E-state index contributed by atoms with van der Waals surface area (Å²) in [4.78, 5) is 22.2. The van der Waals surface area contributed by atoms with Crippen LogP contribution in [0.1, 0.15) is 50.8 Å². The van der Waals surface area contributed by atoms with Crippen molar-refractivity contribution < 1.29 is 18.0 Å². The van der Waals surface area contributed by atoms with Crippen LogP contribution in [0.5, 0.6) is 0 Å². The van der Waals surface area contributed by atoms with Crippen LogP contribution in [0.2, 0.25) is 0 Å². The number of amides is 1. The second kappa shape index (κ2) is 7.06. The predicted molar refractivity (Wildman–Crippen MR) is 98.2 cm³/mol. The number of nitrogens with zero attached hydrogens (tertiary/aromatic N) is 5. The van der Waals surface area contributed by atoms with Gasteiger partial charge in [0.25, 0.3) is 11.8 Å². The third-order valence-corrected chi connectivity index (χ3v) is 7.08. The van der Waals surface area contributed by atoms with Crippen molar-refractivity contribution in [2.75, 3.05) is 18.0 Å². The van der Waals surface area contributed by atoms with E-state index < -0.39 is 12.3 Å². The molecule has 1 saturated carbocycles. The van der Waals surface area contributed by atoms with Gasteiger partial charge in [-0.3, -0.25) is 4.79 Å². The maximum absolute atomic E-state index is 12.9. The lowest BCUT2D eigenvalue weighted by molar-refractivity contribution is -0.137. The first-order valence-corrected chi connectivity index (χ1v) is 10.6. The Morgan fingerprint density at radius 3 is 2.68 bits per heavy atom. The first kappa shape index (κ1) is 18.0. The number of anilines is 1. The normalized spacial score (nSPS) is 25.2. The molecule has 5 rings (SSSR count). The lowest BCUT2D eigenvalue weighted by Gasteiger charge is -2.36. The van der Waals surface area contributed by atoms with Crippen LogP contribution < -0.4 is 4.90 Å². The molecule has 0 aromatic carbocycles. The average molecular weight is 409 g/mol. The molecule has 10 heteroatoms. The number of piperazine rings is 1. The molecule has 0 radical (unpaired) electrons. The first-order chi connectivity index (χ1) is 13.6. The highest BCUT2D eigenvalue weighted by Crippen LogP contribution is 2.40. The molecule has 2 bridgehead atoms.